The van der Waals surface area contributed by atoms with Gasteiger partial charge in [0.2, 0.25) is 5.91 Å². The maximum absolute atomic E-state index is 12.3. The number of para-hydroxylation sites is 2. The van der Waals surface area contributed by atoms with Crippen molar-refractivity contribution >= 4 is 23.3 Å². The van der Waals surface area contributed by atoms with Gasteiger partial charge in [-0.3, -0.25) is 4.79 Å². The molecule has 29 heavy (non-hydrogen) atoms. The van der Waals surface area contributed by atoms with Crippen LogP contribution in [0, 0.1) is 0 Å². The van der Waals surface area contributed by atoms with Crippen LogP contribution >= 0.6 is 11.6 Å². The van der Waals surface area contributed by atoms with Crippen molar-refractivity contribution in [2.75, 3.05) is 18.5 Å². The predicted octanol–water partition coefficient (Wildman–Crippen LogP) is 4.78. The van der Waals surface area contributed by atoms with Crippen molar-refractivity contribution in [1.29, 1.82) is 0 Å². The first kappa shape index (κ1) is 20.7. The number of rotatable bonds is 10. The number of hydrogen-bond donors (Lipinski definition) is 1. The first-order valence-electron chi connectivity index (χ1n) is 9.57. The minimum Gasteiger partial charge on any atom is -0.490 e. The highest BCUT2D eigenvalue weighted by atomic mass is 35.5. The number of anilines is 1. The van der Waals surface area contributed by atoms with Gasteiger partial charge in [0.25, 0.3) is 0 Å². The quantitative estimate of drug-likeness (QED) is 0.486. The molecule has 0 saturated heterocycles. The molecule has 0 unspecified atom stereocenters. The second kappa shape index (κ2) is 10.5. The molecular weight excluding hydrogens is 390 g/mol. The van der Waals surface area contributed by atoms with Crippen molar-refractivity contribution < 1.29 is 14.3 Å². The molecule has 0 bridgehead atoms. The average Bonchev–Trinajstić information content (AvgIpc) is 3.15. The Morgan fingerprint density at radius 1 is 1.07 bits per heavy atom. The van der Waals surface area contributed by atoms with Crippen LogP contribution < -0.4 is 14.8 Å². The standard InChI is InChI=1S/C22H24ClN3O3/c1-2-28-19-10-5-6-11-20(19)29-15-7-12-22(27)25-21-13-14-24-26(21)16-17-8-3-4-9-18(17)23/h3-6,8-11,13-14H,2,7,12,15-16H2,1H3,(H,25,27). The summed E-state index contributed by atoms with van der Waals surface area (Å²) in [4.78, 5) is 12.3. The zero-order chi connectivity index (χ0) is 20.5. The maximum Gasteiger partial charge on any atom is 0.225 e. The van der Waals surface area contributed by atoms with E-state index in [9.17, 15) is 4.79 Å². The molecule has 7 heteroatoms. The Hall–Kier alpha value is -2.99. The lowest BCUT2D eigenvalue weighted by atomic mass is 10.2. The third-order valence-electron chi connectivity index (χ3n) is 4.22. The average molecular weight is 414 g/mol. The zero-order valence-corrected chi connectivity index (χ0v) is 17.1. The van der Waals surface area contributed by atoms with E-state index in [1.54, 1.807) is 16.9 Å². The van der Waals surface area contributed by atoms with Gasteiger partial charge in [-0.05, 0) is 37.1 Å². The molecule has 0 aliphatic heterocycles. The number of ether oxygens (including phenoxy) is 2. The van der Waals surface area contributed by atoms with Crippen molar-refractivity contribution in [1.82, 2.24) is 9.78 Å². The fraction of sp³-hybridized carbons (Fsp3) is 0.273. The van der Waals surface area contributed by atoms with Crippen molar-refractivity contribution in [3.05, 3.63) is 71.4 Å². The highest BCUT2D eigenvalue weighted by molar-refractivity contribution is 6.31. The lowest BCUT2D eigenvalue weighted by Gasteiger charge is -2.12. The molecule has 0 aliphatic carbocycles. The van der Waals surface area contributed by atoms with Gasteiger partial charge in [0.05, 0.1) is 26.0 Å². The molecule has 0 saturated carbocycles. The summed E-state index contributed by atoms with van der Waals surface area (Å²) in [7, 11) is 0. The fourth-order valence-corrected chi connectivity index (χ4v) is 3.01. The van der Waals surface area contributed by atoms with Crippen LogP contribution in [0.4, 0.5) is 5.82 Å². The summed E-state index contributed by atoms with van der Waals surface area (Å²) in [5.74, 6) is 1.95. The molecule has 0 atom stereocenters. The number of carbonyl (C=O) groups excluding carboxylic acids is 1. The third kappa shape index (κ3) is 5.99. The number of hydrogen-bond acceptors (Lipinski definition) is 4. The minimum atomic E-state index is -0.0902. The molecule has 1 N–H and O–H groups in total. The van der Waals surface area contributed by atoms with Gasteiger partial charge in [0.15, 0.2) is 11.5 Å². The highest BCUT2D eigenvalue weighted by Gasteiger charge is 2.10. The number of halogens is 1. The van der Waals surface area contributed by atoms with Gasteiger partial charge in [-0.1, -0.05) is 41.9 Å². The van der Waals surface area contributed by atoms with Crippen molar-refractivity contribution in [2.45, 2.75) is 26.3 Å². The fourth-order valence-electron chi connectivity index (χ4n) is 2.82. The number of carbonyl (C=O) groups is 1. The van der Waals surface area contributed by atoms with Crippen LogP contribution in [-0.4, -0.2) is 28.9 Å². The first-order chi connectivity index (χ1) is 14.2. The van der Waals surface area contributed by atoms with Gasteiger partial charge in [-0.2, -0.15) is 5.10 Å². The van der Waals surface area contributed by atoms with Gasteiger partial charge in [-0.25, -0.2) is 4.68 Å². The third-order valence-corrected chi connectivity index (χ3v) is 4.59. The summed E-state index contributed by atoms with van der Waals surface area (Å²) in [5.41, 5.74) is 0.940. The lowest BCUT2D eigenvalue weighted by Crippen LogP contribution is -2.16. The Labute approximate surface area is 175 Å². The number of benzene rings is 2. The molecule has 2 aromatic carbocycles. The van der Waals surface area contributed by atoms with E-state index in [0.717, 1.165) is 5.56 Å². The van der Waals surface area contributed by atoms with Crippen molar-refractivity contribution in [3.63, 3.8) is 0 Å². The normalized spacial score (nSPS) is 10.6. The zero-order valence-electron chi connectivity index (χ0n) is 16.3. The van der Waals surface area contributed by atoms with Crippen molar-refractivity contribution in [3.8, 4) is 11.5 Å². The van der Waals surface area contributed by atoms with E-state index < -0.39 is 0 Å². The number of aromatic nitrogens is 2. The van der Waals surface area contributed by atoms with Gasteiger partial charge in [-0.15, -0.1) is 0 Å². The topological polar surface area (TPSA) is 65.4 Å². The van der Waals surface area contributed by atoms with E-state index in [4.69, 9.17) is 21.1 Å². The van der Waals surface area contributed by atoms with Gasteiger partial charge < -0.3 is 14.8 Å². The van der Waals surface area contributed by atoms with E-state index in [2.05, 4.69) is 10.4 Å². The largest absolute Gasteiger partial charge is 0.490 e. The minimum absolute atomic E-state index is 0.0902. The number of amides is 1. The highest BCUT2D eigenvalue weighted by Crippen LogP contribution is 2.26. The summed E-state index contributed by atoms with van der Waals surface area (Å²) in [6, 6.07) is 16.9. The smallest absolute Gasteiger partial charge is 0.225 e. The summed E-state index contributed by atoms with van der Waals surface area (Å²) < 4.78 is 13.0. The van der Waals surface area contributed by atoms with E-state index in [-0.39, 0.29) is 5.91 Å². The number of nitrogens with one attached hydrogen (secondary N) is 1. The van der Waals surface area contributed by atoms with Crippen LogP contribution in [0.2, 0.25) is 5.02 Å². The molecule has 0 spiro atoms. The van der Waals surface area contributed by atoms with Gasteiger partial charge in [0.1, 0.15) is 5.82 Å². The second-order valence-corrected chi connectivity index (χ2v) is 6.75. The molecule has 152 valence electrons. The molecule has 1 heterocycles. The van der Waals surface area contributed by atoms with Gasteiger partial charge >= 0.3 is 0 Å². The molecule has 0 aliphatic rings. The van der Waals surface area contributed by atoms with E-state index in [0.29, 0.717) is 54.9 Å². The first-order valence-corrected chi connectivity index (χ1v) is 9.95. The van der Waals surface area contributed by atoms with Crippen LogP contribution in [0.15, 0.2) is 60.8 Å². The van der Waals surface area contributed by atoms with Crippen LogP contribution in [0.25, 0.3) is 0 Å². The Morgan fingerprint density at radius 3 is 2.55 bits per heavy atom. The number of nitrogens with zero attached hydrogens (tertiary/aromatic N) is 2. The summed E-state index contributed by atoms with van der Waals surface area (Å²) in [6.45, 7) is 3.41. The van der Waals surface area contributed by atoms with Crippen LogP contribution in [0.5, 0.6) is 11.5 Å². The summed E-state index contributed by atoms with van der Waals surface area (Å²) in [5, 5.41) is 7.84. The molecule has 1 amide bonds. The Morgan fingerprint density at radius 2 is 1.79 bits per heavy atom. The SMILES string of the molecule is CCOc1ccccc1OCCCC(=O)Nc1ccnn1Cc1ccccc1Cl. The monoisotopic (exact) mass is 413 g/mol. The molecule has 3 aromatic rings. The van der Waals surface area contributed by atoms with Gasteiger partial charge in [0, 0.05) is 17.5 Å². The van der Waals surface area contributed by atoms with E-state index in [1.165, 1.54) is 0 Å². The predicted molar refractivity (Wildman–Crippen MR) is 114 cm³/mol. The molecular formula is C22H24ClN3O3. The van der Waals surface area contributed by atoms with E-state index in [1.807, 2.05) is 55.5 Å². The van der Waals surface area contributed by atoms with Crippen LogP contribution in [0.1, 0.15) is 25.3 Å². The van der Waals surface area contributed by atoms with Crippen LogP contribution in [0.3, 0.4) is 0 Å². The van der Waals surface area contributed by atoms with Crippen LogP contribution in [-0.2, 0) is 11.3 Å². The van der Waals surface area contributed by atoms with E-state index >= 15 is 0 Å². The molecule has 1 aromatic heterocycles. The second-order valence-electron chi connectivity index (χ2n) is 6.35. The molecule has 0 radical (unpaired) electrons. The van der Waals surface area contributed by atoms with Crippen molar-refractivity contribution in [2.24, 2.45) is 0 Å². The summed E-state index contributed by atoms with van der Waals surface area (Å²) >= 11 is 6.21. The molecule has 0 fully saturated rings. The Balaban J connectivity index is 1.47. The Bertz CT molecular complexity index is 942. The Kier molecular flexibility index (Phi) is 7.53. The molecule has 6 nitrogen and oxygen atoms in total. The summed E-state index contributed by atoms with van der Waals surface area (Å²) in [6.07, 6.45) is 2.58. The lowest BCUT2D eigenvalue weighted by molar-refractivity contribution is -0.116. The molecule has 3 rings (SSSR count). The maximum atomic E-state index is 12.3.